The molecule has 27 heavy (non-hydrogen) atoms. The number of halogens is 3. The molecule has 0 amide bonds. The third kappa shape index (κ3) is 5.38. The summed E-state index contributed by atoms with van der Waals surface area (Å²) in [6, 6.07) is 12.1. The topological polar surface area (TPSA) is 100 Å². The van der Waals surface area contributed by atoms with E-state index in [0.717, 1.165) is 31.6 Å². The number of thiophene rings is 1. The Kier molecular flexibility index (Phi) is 6.34. The first kappa shape index (κ1) is 20.6. The molecule has 0 aliphatic rings. The van der Waals surface area contributed by atoms with Crippen LogP contribution in [0.15, 0.2) is 41.8 Å². The van der Waals surface area contributed by atoms with E-state index in [1.54, 1.807) is 11.3 Å². The van der Waals surface area contributed by atoms with Crippen LogP contribution in [0.4, 0.5) is 13.2 Å². The maximum Gasteiger partial charge on any atom is 0.490 e. The van der Waals surface area contributed by atoms with Gasteiger partial charge in [0.25, 0.3) is 0 Å². The van der Waals surface area contributed by atoms with E-state index in [4.69, 9.17) is 26.0 Å². The Morgan fingerprint density at radius 1 is 1.26 bits per heavy atom. The van der Waals surface area contributed by atoms with Gasteiger partial charge in [0.1, 0.15) is 10.8 Å². The van der Waals surface area contributed by atoms with E-state index in [-0.39, 0.29) is 5.84 Å². The Balaban J connectivity index is 0.000000321. The number of thiazole rings is 1. The minimum atomic E-state index is -5.08. The first-order valence-electron chi connectivity index (χ1n) is 7.36. The van der Waals surface area contributed by atoms with E-state index in [9.17, 15) is 13.2 Å². The molecule has 10 heteroatoms. The molecule has 0 aliphatic heterocycles. The number of amidine groups is 1. The van der Waals surface area contributed by atoms with Crippen molar-refractivity contribution in [3.63, 3.8) is 0 Å². The highest BCUT2D eigenvalue weighted by Crippen LogP contribution is 2.34. The average Bonchev–Trinajstić information content (AvgIpc) is 3.22. The maximum atomic E-state index is 10.6. The monoisotopic (exact) mass is 413 g/mol. The number of aromatic nitrogens is 1. The van der Waals surface area contributed by atoms with Crippen molar-refractivity contribution in [2.75, 3.05) is 0 Å². The summed E-state index contributed by atoms with van der Waals surface area (Å²) in [5, 5.41) is 17.7. The van der Waals surface area contributed by atoms with E-state index < -0.39 is 12.1 Å². The van der Waals surface area contributed by atoms with Gasteiger partial charge in [-0.25, -0.2) is 9.78 Å². The lowest BCUT2D eigenvalue weighted by molar-refractivity contribution is -0.192. The van der Waals surface area contributed by atoms with E-state index >= 15 is 0 Å². The zero-order chi connectivity index (χ0) is 20.2. The van der Waals surface area contributed by atoms with Crippen molar-refractivity contribution in [2.45, 2.75) is 13.1 Å². The van der Waals surface area contributed by atoms with Crippen molar-refractivity contribution in [1.29, 1.82) is 5.41 Å². The van der Waals surface area contributed by atoms with E-state index in [1.807, 2.05) is 31.2 Å². The van der Waals surface area contributed by atoms with E-state index in [2.05, 4.69) is 17.5 Å². The number of nitrogens with zero attached hydrogens (tertiary/aromatic N) is 1. The molecular weight excluding hydrogens is 399 g/mol. The summed E-state index contributed by atoms with van der Waals surface area (Å²) in [6.07, 6.45) is -5.08. The average molecular weight is 413 g/mol. The van der Waals surface area contributed by atoms with Gasteiger partial charge in [0.15, 0.2) is 0 Å². The maximum absolute atomic E-state index is 10.6. The molecule has 2 aromatic heterocycles. The molecule has 3 rings (SSSR count). The van der Waals surface area contributed by atoms with Crippen molar-refractivity contribution in [2.24, 2.45) is 5.73 Å². The van der Waals surface area contributed by atoms with Gasteiger partial charge in [-0.3, -0.25) is 5.41 Å². The van der Waals surface area contributed by atoms with Gasteiger partial charge in [0.05, 0.1) is 10.6 Å². The highest BCUT2D eigenvalue weighted by atomic mass is 32.1. The molecule has 0 saturated heterocycles. The lowest BCUT2D eigenvalue weighted by Gasteiger charge is -1.95. The first-order chi connectivity index (χ1) is 12.6. The Bertz CT molecular complexity index is 950. The van der Waals surface area contributed by atoms with Crippen LogP contribution in [0.3, 0.4) is 0 Å². The van der Waals surface area contributed by atoms with Gasteiger partial charge in [-0.15, -0.1) is 22.7 Å². The zero-order valence-electron chi connectivity index (χ0n) is 13.9. The molecule has 0 spiro atoms. The number of carboxylic acids is 1. The van der Waals surface area contributed by atoms with Crippen LogP contribution in [0.25, 0.3) is 21.8 Å². The van der Waals surface area contributed by atoms with Gasteiger partial charge in [0.2, 0.25) is 0 Å². The molecule has 142 valence electrons. The standard InChI is InChI=1S/C15H13N3S2.C2HF3O2/c1-9-11(7-13(20-9)14(16)17)15-18-12(8-19-15)10-5-3-2-4-6-10;3-2(4,5)1(6)7/h2-8H,1H3,(H3,16,17);(H,6,7). The normalized spacial score (nSPS) is 10.8. The second-order valence-electron chi connectivity index (χ2n) is 5.20. The molecule has 0 bridgehead atoms. The van der Waals surface area contributed by atoms with Gasteiger partial charge >= 0.3 is 12.1 Å². The molecule has 0 fully saturated rings. The molecule has 0 aliphatic carbocycles. The van der Waals surface area contributed by atoms with Gasteiger partial charge < -0.3 is 10.8 Å². The van der Waals surface area contributed by atoms with Crippen molar-refractivity contribution in [1.82, 2.24) is 4.98 Å². The minimum absolute atomic E-state index is 0.115. The fourth-order valence-corrected chi connectivity index (χ4v) is 3.81. The Hall–Kier alpha value is -2.72. The summed E-state index contributed by atoms with van der Waals surface area (Å²) in [5.74, 6) is -2.64. The summed E-state index contributed by atoms with van der Waals surface area (Å²) >= 11 is 3.16. The highest BCUT2D eigenvalue weighted by Gasteiger charge is 2.38. The van der Waals surface area contributed by atoms with Crippen LogP contribution in [-0.4, -0.2) is 28.1 Å². The minimum Gasteiger partial charge on any atom is -0.475 e. The SMILES string of the molecule is Cc1sc(C(=N)N)cc1-c1nc(-c2ccccc2)cs1.O=C(O)C(F)(F)F. The quantitative estimate of drug-likeness (QED) is 0.426. The first-order valence-corrected chi connectivity index (χ1v) is 9.05. The van der Waals surface area contributed by atoms with Crippen molar-refractivity contribution >= 4 is 34.5 Å². The summed E-state index contributed by atoms with van der Waals surface area (Å²) in [6.45, 7) is 2.04. The molecule has 2 heterocycles. The molecule has 5 nitrogen and oxygen atoms in total. The predicted octanol–water partition coefficient (Wildman–Crippen LogP) is 4.76. The van der Waals surface area contributed by atoms with E-state index in [1.165, 1.54) is 11.3 Å². The highest BCUT2D eigenvalue weighted by molar-refractivity contribution is 7.16. The number of carboxylic acid groups (broad SMARTS) is 1. The molecule has 1 aromatic carbocycles. The second kappa shape index (κ2) is 8.31. The number of rotatable bonds is 3. The van der Waals surface area contributed by atoms with Crippen molar-refractivity contribution in [3.8, 4) is 21.8 Å². The lowest BCUT2D eigenvalue weighted by Crippen LogP contribution is -2.21. The lowest BCUT2D eigenvalue weighted by atomic mass is 10.2. The fourth-order valence-electron chi connectivity index (χ4n) is 1.97. The molecular formula is C17H14F3N3O2S2. The molecule has 4 N–H and O–H groups in total. The van der Waals surface area contributed by atoms with Crippen molar-refractivity contribution < 1.29 is 23.1 Å². The number of hydrogen-bond donors (Lipinski definition) is 3. The largest absolute Gasteiger partial charge is 0.490 e. The molecule has 0 unspecified atom stereocenters. The predicted molar refractivity (Wildman–Crippen MR) is 100 cm³/mol. The zero-order valence-corrected chi connectivity index (χ0v) is 15.5. The fraction of sp³-hybridized carbons (Fsp3) is 0.118. The molecule has 0 radical (unpaired) electrons. The Morgan fingerprint density at radius 2 is 1.85 bits per heavy atom. The number of nitrogen functional groups attached to an aromatic ring is 1. The van der Waals surface area contributed by atoms with Gasteiger partial charge in [-0.1, -0.05) is 30.3 Å². The van der Waals surface area contributed by atoms with Gasteiger partial charge in [0, 0.05) is 21.4 Å². The summed E-state index contributed by atoms with van der Waals surface area (Å²) in [7, 11) is 0. The smallest absolute Gasteiger partial charge is 0.475 e. The number of aryl methyl sites for hydroxylation is 1. The number of benzene rings is 1. The number of hydrogen-bond acceptors (Lipinski definition) is 5. The summed E-state index contributed by atoms with van der Waals surface area (Å²) < 4.78 is 31.7. The number of carbonyl (C=O) groups is 1. The number of nitrogens with two attached hydrogens (primary N) is 1. The van der Waals surface area contributed by atoms with Crippen LogP contribution in [0, 0.1) is 12.3 Å². The van der Waals surface area contributed by atoms with Gasteiger partial charge in [-0.05, 0) is 13.0 Å². The summed E-state index contributed by atoms with van der Waals surface area (Å²) in [4.78, 5) is 15.5. The Morgan fingerprint density at radius 3 is 2.33 bits per heavy atom. The van der Waals surface area contributed by atoms with Crippen LogP contribution in [0.5, 0.6) is 0 Å². The van der Waals surface area contributed by atoms with Crippen molar-refractivity contribution in [3.05, 3.63) is 51.5 Å². The molecule has 0 saturated carbocycles. The van der Waals surface area contributed by atoms with Crippen LogP contribution in [0.2, 0.25) is 0 Å². The third-order valence-corrected chi connectivity index (χ3v) is 5.19. The second-order valence-corrected chi connectivity index (χ2v) is 7.32. The summed E-state index contributed by atoms with van der Waals surface area (Å²) in [5.41, 5.74) is 8.73. The van der Waals surface area contributed by atoms with Crippen LogP contribution in [-0.2, 0) is 4.79 Å². The number of nitrogens with one attached hydrogen (secondary N) is 1. The van der Waals surface area contributed by atoms with Crippen LogP contribution < -0.4 is 5.73 Å². The van der Waals surface area contributed by atoms with E-state index in [0.29, 0.717) is 0 Å². The van der Waals surface area contributed by atoms with Crippen LogP contribution >= 0.6 is 22.7 Å². The number of aliphatic carboxylic acids is 1. The van der Waals surface area contributed by atoms with Gasteiger partial charge in [-0.2, -0.15) is 13.2 Å². The Labute approximate surface area is 160 Å². The molecule has 3 aromatic rings. The molecule has 0 atom stereocenters. The third-order valence-electron chi connectivity index (χ3n) is 3.23. The van der Waals surface area contributed by atoms with Crippen LogP contribution in [0.1, 0.15) is 9.75 Å². The number of alkyl halides is 3.